The van der Waals surface area contributed by atoms with Gasteiger partial charge >= 0.3 is 0 Å². The molecule has 0 amide bonds. The Morgan fingerprint density at radius 1 is 1.10 bits per heavy atom. The summed E-state index contributed by atoms with van der Waals surface area (Å²) < 4.78 is 37.4. The summed E-state index contributed by atoms with van der Waals surface area (Å²) in [5.74, 6) is -0.248. The first-order valence-corrected chi connectivity index (χ1v) is 7.03. The van der Waals surface area contributed by atoms with E-state index in [0.29, 0.717) is 23.5 Å². The quantitative estimate of drug-likeness (QED) is 0.772. The second-order valence-electron chi connectivity index (χ2n) is 4.50. The monoisotopic (exact) mass is 340 g/mol. The molecule has 0 fully saturated rings. The van der Waals surface area contributed by atoms with Crippen LogP contribution in [0.2, 0.25) is 0 Å². The fraction of sp³-hybridized carbons (Fsp3) is 0.200. The number of hydrogen-bond donors (Lipinski definition) is 0. The fourth-order valence-electron chi connectivity index (χ4n) is 2.12. The van der Waals surface area contributed by atoms with Gasteiger partial charge in [-0.2, -0.15) is 0 Å². The van der Waals surface area contributed by atoms with Crippen molar-refractivity contribution in [3.05, 3.63) is 59.2 Å². The van der Waals surface area contributed by atoms with Crippen molar-refractivity contribution in [2.75, 3.05) is 6.79 Å². The van der Waals surface area contributed by atoms with Crippen LogP contribution in [-0.2, 0) is 6.42 Å². The van der Waals surface area contributed by atoms with Crippen LogP contribution in [0.5, 0.6) is 11.5 Å². The fourth-order valence-corrected chi connectivity index (χ4v) is 2.76. The van der Waals surface area contributed by atoms with Gasteiger partial charge in [-0.05, 0) is 35.7 Å². The molecule has 1 aliphatic heterocycles. The SMILES string of the molecule is Fc1cccc(CC(Br)c2ccc3c(c2)OCO3)c1F. The molecule has 3 rings (SSSR count). The highest BCUT2D eigenvalue weighted by Crippen LogP contribution is 2.37. The van der Waals surface area contributed by atoms with E-state index < -0.39 is 11.6 Å². The van der Waals surface area contributed by atoms with E-state index in [1.165, 1.54) is 6.07 Å². The van der Waals surface area contributed by atoms with Gasteiger partial charge in [-0.25, -0.2) is 8.78 Å². The predicted molar refractivity (Wildman–Crippen MR) is 74.3 cm³/mol. The number of rotatable bonds is 3. The van der Waals surface area contributed by atoms with Crippen LogP contribution in [0.25, 0.3) is 0 Å². The molecule has 5 heteroatoms. The molecule has 2 nitrogen and oxygen atoms in total. The Morgan fingerprint density at radius 3 is 2.75 bits per heavy atom. The average molecular weight is 341 g/mol. The molecule has 0 aromatic heterocycles. The molecule has 0 bridgehead atoms. The predicted octanol–water partition coefficient (Wildman–Crippen LogP) is 4.37. The van der Waals surface area contributed by atoms with Gasteiger partial charge in [-0.3, -0.25) is 0 Å². The van der Waals surface area contributed by atoms with Crippen LogP contribution in [-0.4, -0.2) is 6.79 Å². The highest BCUT2D eigenvalue weighted by atomic mass is 79.9. The molecule has 0 saturated heterocycles. The third-order valence-corrected chi connectivity index (χ3v) is 4.04. The third-order valence-electron chi connectivity index (χ3n) is 3.19. The Balaban J connectivity index is 1.82. The van der Waals surface area contributed by atoms with Crippen LogP contribution in [0.15, 0.2) is 36.4 Å². The van der Waals surface area contributed by atoms with Gasteiger partial charge in [0.05, 0.1) is 0 Å². The maximum Gasteiger partial charge on any atom is 0.231 e. The normalized spacial score (nSPS) is 14.3. The molecule has 1 heterocycles. The maximum atomic E-state index is 13.7. The second kappa shape index (κ2) is 5.40. The molecule has 0 spiro atoms. The van der Waals surface area contributed by atoms with Crippen molar-refractivity contribution in [2.24, 2.45) is 0 Å². The van der Waals surface area contributed by atoms with E-state index in [2.05, 4.69) is 15.9 Å². The molecule has 0 N–H and O–H groups in total. The number of fused-ring (bicyclic) bond motifs is 1. The van der Waals surface area contributed by atoms with Gasteiger partial charge in [-0.15, -0.1) is 0 Å². The minimum absolute atomic E-state index is 0.131. The molecule has 2 aromatic rings. The van der Waals surface area contributed by atoms with Gasteiger partial charge in [0.1, 0.15) is 0 Å². The van der Waals surface area contributed by atoms with E-state index in [4.69, 9.17) is 9.47 Å². The van der Waals surface area contributed by atoms with E-state index in [9.17, 15) is 8.78 Å². The summed E-state index contributed by atoms with van der Waals surface area (Å²) in [6.45, 7) is 0.213. The van der Waals surface area contributed by atoms with Gasteiger partial charge in [0, 0.05) is 4.83 Å². The van der Waals surface area contributed by atoms with Gasteiger partial charge in [-0.1, -0.05) is 34.1 Å². The zero-order valence-corrected chi connectivity index (χ0v) is 12.0. The van der Waals surface area contributed by atoms with Crippen LogP contribution in [0.4, 0.5) is 8.78 Å². The minimum atomic E-state index is -0.826. The number of alkyl halides is 1. The highest BCUT2D eigenvalue weighted by molar-refractivity contribution is 9.09. The lowest BCUT2D eigenvalue weighted by Crippen LogP contribution is -2.00. The van der Waals surface area contributed by atoms with Crippen molar-refractivity contribution in [2.45, 2.75) is 11.2 Å². The first kappa shape index (κ1) is 13.4. The molecular formula is C15H11BrF2O2. The first-order valence-electron chi connectivity index (χ1n) is 6.11. The number of ether oxygens (including phenoxy) is 2. The molecule has 20 heavy (non-hydrogen) atoms. The van der Waals surface area contributed by atoms with Crippen LogP contribution < -0.4 is 9.47 Å². The molecule has 1 aliphatic rings. The lowest BCUT2D eigenvalue weighted by molar-refractivity contribution is 0.174. The summed E-state index contributed by atoms with van der Waals surface area (Å²) in [4.78, 5) is -0.131. The molecule has 0 saturated carbocycles. The minimum Gasteiger partial charge on any atom is -0.454 e. The van der Waals surface area contributed by atoms with Gasteiger partial charge in [0.25, 0.3) is 0 Å². The Kier molecular flexibility index (Phi) is 3.61. The maximum absolute atomic E-state index is 13.7. The summed E-state index contributed by atoms with van der Waals surface area (Å²) in [6.07, 6.45) is 0.350. The summed E-state index contributed by atoms with van der Waals surface area (Å²) >= 11 is 3.50. The molecule has 2 aromatic carbocycles. The summed E-state index contributed by atoms with van der Waals surface area (Å²) in [7, 11) is 0. The van der Waals surface area contributed by atoms with Crippen molar-refractivity contribution < 1.29 is 18.3 Å². The number of halogens is 3. The summed E-state index contributed by atoms with van der Waals surface area (Å²) in [5, 5.41) is 0. The third kappa shape index (κ3) is 2.50. The van der Waals surface area contributed by atoms with Gasteiger partial charge < -0.3 is 9.47 Å². The molecule has 0 aliphatic carbocycles. The molecule has 0 radical (unpaired) electrons. The molecule has 1 unspecified atom stereocenters. The smallest absolute Gasteiger partial charge is 0.231 e. The Bertz CT molecular complexity index is 646. The lowest BCUT2D eigenvalue weighted by Gasteiger charge is -2.12. The van der Waals surface area contributed by atoms with Crippen molar-refractivity contribution in [3.63, 3.8) is 0 Å². The standard InChI is InChI=1S/C15H11BrF2O2/c16-11(6-10-2-1-3-12(17)15(10)18)9-4-5-13-14(7-9)20-8-19-13/h1-5,7,11H,6,8H2. The van der Waals surface area contributed by atoms with Crippen molar-refractivity contribution in [1.29, 1.82) is 0 Å². The number of benzene rings is 2. The first-order chi connectivity index (χ1) is 9.65. The summed E-state index contributed by atoms with van der Waals surface area (Å²) in [6, 6.07) is 9.74. The van der Waals surface area contributed by atoms with Crippen LogP contribution in [0.3, 0.4) is 0 Å². The zero-order valence-electron chi connectivity index (χ0n) is 10.4. The Morgan fingerprint density at radius 2 is 1.90 bits per heavy atom. The highest BCUT2D eigenvalue weighted by Gasteiger charge is 2.18. The topological polar surface area (TPSA) is 18.5 Å². The number of hydrogen-bond acceptors (Lipinski definition) is 2. The van der Waals surface area contributed by atoms with Gasteiger partial charge in [0.2, 0.25) is 6.79 Å². The van der Waals surface area contributed by atoms with E-state index in [1.54, 1.807) is 6.07 Å². The van der Waals surface area contributed by atoms with Crippen molar-refractivity contribution in [1.82, 2.24) is 0 Å². The van der Waals surface area contributed by atoms with Crippen LogP contribution in [0, 0.1) is 11.6 Å². The second-order valence-corrected chi connectivity index (χ2v) is 5.60. The molecule has 1 atom stereocenters. The van der Waals surface area contributed by atoms with E-state index in [1.807, 2.05) is 18.2 Å². The van der Waals surface area contributed by atoms with Crippen LogP contribution >= 0.6 is 15.9 Å². The van der Waals surface area contributed by atoms with Crippen molar-refractivity contribution in [3.8, 4) is 11.5 Å². The lowest BCUT2D eigenvalue weighted by atomic mass is 10.0. The molecule has 104 valence electrons. The largest absolute Gasteiger partial charge is 0.454 e. The zero-order chi connectivity index (χ0) is 14.1. The Labute approximate surface area is 123 Å². The summed E-state index contributed by atoms with van der Waals surface area (Å²) in [5.41, 5.74) is 1.27. The van der Waals surface area contributed by atoms with E-state index in [-0.39, 0.29) is 11.6 Å². The van der Waals surface area contributed by atoms with Crippen LogP contribution in [0.1, 0.15) is 16.0 Å². The molecular weight excluding hydrogens is 330 g/mol. The van der Waals surface area contributed by atoms with E-state index >= 15 is 0 Å². The van der Waals surface area contributed by atoms with Crippen molar-refractivity contribution >= 4 is 15.9 Å². The Hall–Kier alpha value is -1.62. The average Bonchev–Trinajstić information content (AvgIpc) is 2.91. The van der Waals surface area contributed by atoms with E-state index in [0.717, 1.165) is 11.6 Å². The van der Waals surface area contributed by atoms with Gasteiger partial charge in [0.15, 0.2) is 23.1 Å².